The van der Waals surface area contributed by atoms with Crippen molar-refractivity contribution in [2.45, 2.75) is 32.2 Å². The molecule has 70 valence electrons. The third-order valence-electron chi connectivity index (χ3n) is 2.35. The first-order valence-corrected chi connectivity index (χ1v) is 4.61. The van der Waals surface area contributed by atoms with Crippen molar-refractivity contribution in [2.24, 2.45) is 0 Å². The highest BCUT2D eigenvalue weighted by Crippen LogP contribution is 2.17. The van der Waals surface area contributed by atoms with Crippen molar-refractivity contribution in [3.63, 3.8) is 0 Å². The maximum Gasteiger partial charge on any atom is 0.323 e. The van der Waals surface area contributed by atoms with E-state index in [1.54, 1.807) is 0 Å². The highest BCUT2D eigenvalue weighted by molar-refractivity contribution is 5.75. The standard InChI is InChI=1S/C9H17NO2/c1-3-6-10-7-4-5-8(10)9(11)12-2/h8H,3-7H2,1-2H3/t8-/m0/s1. The molecule has 1 atom stereocenters. The lowest BCUT2D eigenvalue weighted by atomic mass is 10.2. The van der Waals surface area contributed by atoms with Crippen molar-refractivity contribution in [1.82, 2.24) is 4.90 Å². The maximum absolute atomic E-state index is 11.2. The predicted molar refractivity (Wildman–Crippen MR) is 46.9 cm³/mol. The van der Waals surface area contributed by atoms with Crippen molar-refractivity contribution in [3.8, 4) is 0 Å². The smallest absolute Gasteiger partial charge is 0.323 e. The number of rotatable bonds is 3. The summed E-state index contributed by atoms with van der Waals surface area (Å²) >= 11 is 0. The van der Waals surface area contributed by atoms with Crippen molar-refractivity contribution < 1.29 is 9.53 Å². The molecule has 1 rings (SSSR count). The van der Waals surface area contributed by atoms with Gasteiger partial charge in [0.15, 0.2) is 0 Å². The zero-order valence-electron chi connectivity index (χ0n) is 7.88. The van der Waals surface area contributed by atoms with Gasteiger partial charge < -0.3 is 4.74 Å². The van der Waals surface area contributed by atoms with Crippen LogP contribution in [0.5, 0.6) is 0 Å². The van der Waals surface area contributed by atoms with E-state index in [9.17, 15) is 4.79 Å². The number of hydrogen-bond donors (Lipinski definition) is 0. The number of hydrogen-bond acceptors (Lipinski definition) is 3. The third-order valence-corrected chi connectivity index (χ3v) is 2.35. The Morgan fingerprint density at radius 3 is 3.00 bits per heavy atom. The fraction of sp³-hybridized carbons (Fsp3) is 0.889. The molecule has 0 N–H and O–H groups in total. The van der Waals surface area contributed by atoms with Gasteiger partial charge in [0.1, 0.15) is 6.04 Å². The average Bonchev–Trinajstić information content (AvgIpc) is 2.52. The van der Waals surface area contributed by atoms with Crippen molar-refractivity contribution in [2.75, 3.05) is 20.2 Å². The highest BCUT2D eigenvalue weighted by Gasteiger charge is 2.30. The Labute approximate surface area is 73.7 Å². The van der Waals surface area contributed by atoms with E-state index in [4.69, 9.17) is 4.74 Å². The fourth-order valence-corrected chi connectivity index (χ4v) is 1.78. The molecular weight excluding hydrogens is 154 g/mol. The summed E-state index contributed by atoms with van der Waals surface area (Å²) < 4.78 is 4.73. The number of nitrogens with zero attached hydrogens (tertiary/aromatic N) is 1. The van der Waals surface area contributed by atoms with Gasteiger partial charge in [-0.2, -0.15) is 0 Å². The molecule has 1 fully saturated rings. The topological polar surface area (TPSA) is 29.5 Å². The van der Waals surface area contributed by atoms with Crippen LogP contribution in [0.25, 0.3) is 0 Å². The lowest BCUT2D eigenvalue weighted by Crippen LogP contribution is -2.37. The first-order chi connectivity index (χ1) is 5.79. The van der Waals surface area contributed by atoms with E-state index in [1.807, 2.05) is 0 Å². The summed E-state index contributed by atoms with van der Waals surface area (Å²) in [7, 11) is 1.46. The van der Waals surface area contributed by atoms with E-state index in [-0.39, 0.29) is 12.0 Å². The molecule has 0 saturated carbocycles. The van der Waals surface area contributed by atoms with Crippen molar-refractivity contribution >= 4 is 5.97 Å². The number of esters is 1. The Balaban J connectivity index is 2.45. The van der Waals surface area contributed by atoms with Crippen LogP contribution in [0.15, 0.2) is 0 Å². The van der Waals surface area contributed by atoms with Crippen molar-refractivity contribution in [3.05, 3.63) is 0 Å². The van der Waals surface area contributed by atoms with E-state index in [0.29, 0.717) is 0 Å². The SMILES string of the molecule is CCCN1CCC[C@H]1C(=O)OC. The minimum atomic E-state index is -0.0686. The minimum absolute atomic E-state index is 0.0370. The summed E-state index contributed by atoms with van der Waals surface area (Å²) in [6.07, 6.45) is 3.19. The van der Waals surface area contributed by atoms with Crippen LogP contribution in [0.4, 0.5) is 0 Å². The van der Waals surface area contributed by atoms with Gasteiger partial charge in [0, 0.05) is 0 Å². The van der Waals surface area contributed by atoms with Crippen LogP contribution >= 0.6 is 0 Å². The number of carbonyl (C=O) groups excluding carboxylic acids is 1. The zero-order chi connectivity index (χ0) is 8.97. The molecule has 3 nitrogen and oxygen atoms in total. The second-order valence-corrected chi connectivity index (χ2v) is 3.22. The molecular formula is C9H17NO2. The quantitative estimate of drug-likeness (QED) is 0.594. The Bertz CT molecular complexity index is 159. The van der Waals surface area contributed by atoms with Gasteiger partial charge in [-0.1, -0.05) is 6.92 Å². The van der Waals surface area contributed by atoms with Gasteiger partial charge >= 0.3 is 5.97 Å². The van der Waals surface area contributed by atoms with E-state index in [1.165, 1.54) is 7.11 Å². The highest BCUT2D eigenvalue weighted by atomic mass is 16.5. The van der Waals surface area contributed by atoms with Crippen LogP contribution < -0.4 is 0 Å². The second-order valence-electron chi connectivity index (χ2n) is 3.22. The molecule has 0 bridgehead atoms. The van der Waals surface area contributed by atoms with E-state index in [0.717, 1.165) is 32.4 Å². The predicted octanol–water partition coefficient (Wildman–Crippen LogP) is 1.03. The summed E-state index contributed by atoms with van der Waals surface area (Å²) in [6, 6.07) is 0.0370. The molecule has 1 aliphatic rings. The molecule has 0 aromatic heterocycles. The van der Waals surface area contributed by atoms with E-state index < -0.39 is 0 Å². The molecule has 0 aromatic rings. The van der Waals surface area contributed by atoms with E-state index >= 15 is 0 Å². The van der Waals surface area contributed by atoms with E-state index in [2.05, 4.69) is 11.8 Å². The van der Waals surface area contributed by atoms with Crippen LogP contribution in [0.3, 0.4) is 0 Å². The summed E-state index contributed by atoms with van der Waals surface area (Å²) in [5, 5.41) is 0. The summed E-state index contributed by atoms with van der Waals surface area (Å²) in [5.41, 5.74) is 0. The molecule has 3 heteroatoms. The van der Waals surface area contributed by atoms with Gasteiger partial charge in [0.25, 0.3) is 0 Å². The van der Waals surface area contributed by atoms with Crippen molar-refractivity contribution in [1.29, 1.82) is 0 Å². The number of methoxy groups -OCH3 is 1. The van der Waals surface area contributed by atoms with Gasteiger partial charge in [-0.15, -0.1) is 0 Å². The summed E-state index contributed by atoms with van der Waals surface area (Å²) in [6.45, 7) is 4.19. The Morgan fingerprint density at radius 1 is 1.67 bits per heavy atom. The fourth-order valence-electron chi connectivity index (χ4n) is 1.78. The molecule has 1 aliphatic heterocycles. The van der Waals surface area contributed by atoms with Crippen LogP contribution in [0.1, 0.15) is 26.2 Å². The van der Waals surface area contributed by atoms with Crippen LogP contribution in [0, 0.1) is 0 Å². The summed E-state index contributed by atoms with van der Waals surface area (Å²) in [4.78, 5) is 13.4. The molecule has 0 radical (unpaired) electrons. The Hall–Kier alpha value is -0.570. The molecule has 0 amide bonds. The Morgan fingerprint density at radius 2 is 2.42 bits per heavy atom. The average molecular weight is 171 g/mol. The van der Waals surface area contributed by atoms with Gasteiger partial charge in [0.2, 0.25) is 0 Å². The van der Waals surface area contributed by atoms with Gasteiger partial charge in [-0.3, -0.25) is 9.69 Å². The number of carbonyl (C=O) groups is 1. The van der Waals surface area contributed by atoms with Gasteiger partial charge in [-0.25, -0.2) is 0 Å². The lowest BCUT2D eigenvalue weighted by Gasteiger charge is -2.21. The van der Waals surface area contributed by atoms with Gasteiger partial charge in [-0.05, 0) is 32.4 Å². The molecule has 0 aromatic carbocycles. The molecule has 0 aliphatic carbocycles. The van der Waals surface area contributed by atoms with Crippen LogP contribution in [0.2, 0.25) is 0 Å². The Kier molecular flexibility index (Phi) is 3.53. The lowest BCUT2D eigenvalue weighted by molar-refractivity contribution is -0.145. The maximum atomic E-state index is 11.2. The molecule has 0 spiro atoms. The third kappa shape index (κ3) is 1.97. The second kappa shape index (κ2) is 4.45. The normalized spacial score (nSPS) is 24.3. The number of ether oxygens (including phenoxy) is 1. The van der Waals surface area contributed by atoms with Crippen LogP contribution in [-0.2, 0) is 9.53 Å². The number of likely N-dealkylation sites (tertiary alicyclic amines) is 1. The zero-order valence-corrected chi connectivity index (χ0v) is 7.88. The first kappa shape index (κ1) is 9.52. The largest absolute Gasteiger partial charge is 0.468 e. The van der Waals surface area contributed by atoms with Crippen LogP contribution in [-0.4, -0.2) is 37.1 Å². The summed E-state index contributed by atoms with van der Waals surface area (Å²) in [5.74, 6) is -0.0686. The van der Waals surface area contributed by atoms with Gasteiger partial charge in [0.05, 0.1) is 7.11 Å². The minimum Gasteiger partial charge on any atom is -0.468 e. The first-order valence-electron chi connectivity index (χ1n) is 4.61. The molecule has 0 unspecified atom stereocenters. The monoisotopic (exact) mass is 171 g/mol. The molecule has 1 heterocycles. The molecule has 1 saturated heterocycles. The molecule has 12 heavy (non-hydrogen) atoms.